The topological polar surface area (TPSA) is 44.8 Å². The van der Waals surface area contributed by atoms with Crippen molar-refractivity contribution in [1.82, 2.24) is 0 Å². The molecule has 2 unspecified atom stereocenters. The lowest BCUT2D eigenvalue weighted by atomic mass is 9.91. The fourth-order valence-corrected chi connectivity index (χ4v) is 1.42. The Labute approximate surface area is 104 Å². The van der Waals surface area contributed by atoms with Crippen LogP contribution in [0, 0.1) is 11.3 Å². The Bertz CT molecular complexity index is 260. The Morgan fingerprint density at radius 3 is 2.59 bits per heavy atom. The van der Waals surface area contributed by atoms with Crippen LogP contribution in [0.5, 0.6) is 0 Å². The third-order valence-electron chi connectivity index (χ3n) is 3.15. The number of esters is 1. The fourth-order valence-electron chi connectivity index (χ4n) is 1.42. The first kappa shape index (κ1) is 14.5. The van der Waals surface area contributed by atoms with Crippen LogP contribution in [-0.2, 0) is 19.0 Å². The maximum atomic E-state index is 11.7. The third-order valence-corrected chi connectivity index (χ3v) is 3.15. The zero-order chi connectivity index (χ0) is 13.1. The van der Waals surface area contributed by atoms with Gasteiger partial charge in [0, 0.05) is 5.92 Å². The molecular formula is C13H24O4. The van der Waals surface area contributed by atoms with Crippen molar-refractivity contribution in [1.29, 1.82) is 0 Å². The van der Waals surface area contributed by atoms with Crippen molar-refractivity contribution in [3.8, 4) is 0 Å². The van der Waals surface area contributed by atoms with Gasteiger partial charge in [-0.2, -0.15) is 0 Å². The second kappa shape index (κ2) is 5.83. The van der Waals surface area contributed by atoms with Gasteiger partial charge in [-0.05, 0) is 20.3 Å². The van der Waals surface area contributed by atoms with Gasteiger partial charge >= 0.3 is 5.97 Å². The monoisotopic (exact) mass is 244 g/mol. The fraction of sp³-hybridized carbons (Fsp3) is 0.923. The van der Waals surface area contributed by atoms with E-state index in [-0.39, 0.29) is 25.0 Å². The van der Waals surface area contributed by atoms with Gasteiger partial charge in [0.05, 0.1) is 12.0 Å². The van der Waals surface area contributed by atoms with Crippen molar-refractivity contribution in [3.05, 3.63) is 0 Å². The highest BCUT2D eigenvalue weighted by atomic mass is 16.7. The van der Waals surface area contributed by atoms with Gasteiger partial charge in [0.2, 0.25) is 0 Å². The largest absolute Gasteiger partial charge is 0.462 e. The third kappa shape index (κ3) is 3.96. The van der Waals surface area contributed by atoms with E-state index in [1.807, 2.05) is 34.6 Å². The molecule has 0 bridgehead atoms. The van der Waals surface area contributed by atoms with E-state index in [0.29, 0.717) is 12.5 Å². The Morgan fingerprint density at radius 1 is 1.47 bits per heavy atom. The molecule has 0 aromatic rings. The molecule has 0 N–H and O–H groups in total. The zero-order valence-electron chi connectivity index (χ0n) is 11.5. The predicted octanol–water partition coefficient (Wildman–Crippen LogP) is 2.36. The summed E-state index contributed by atoms with van der Waals surface area (Å²) in [6.07, 6.45) is 0.472. The molecule has 0 aliphatic carbocycles. The summed E-state index contributed by atoms with van der Waals surface area (Å²) >= 11 is 0. The second-order valence-electron chi connectivity index (χ2n) is 5.54. The van der Waals surface area contributed by atoms with E-state index in [4.69, 9.17) is 14.2 Å². The number of ether oxygens (including phenoxy) is 3. The quantitative estimate of drug-likeness (QED) is 0.696. The lowest BCUT2D eigenvalue weighted by molar-refractivity contribution is -0.159. The summed E-state index contributed by atoms with van der Waals surface area (Å²) in [6.45, 7) is 10.6. The Morgan fingerprint density at radius 2 is 2.12 bits per heavy atom. The Balaban J connectivity index is 2.31. The average Bonchev–Trinajstić information content (AvgIpc) is 2.74. The van der Waals surface area contributed by atoms with Crippen LogP contribution in [0.4, 0.5) is 0 Å². The van der Waals surface area contributed by atoms with Crippen LogP contribution < -0.4 is 0 Å². The number of rotatable bonds is 5. The molecule has 0 radical (unpaired) electrons. The van der Waals surface area contributed by atoms with Gasteiger partial charge in [-0.15, -0.1) is 0 Å². The molecule has 0 aromatic heterocycles. The maximum Gasteiger partial charge on any atom is 0.311 e. The van der Waals surface area contributed by atoms with E-state index < -0.39 is 5.41 Å². The summed E-state index contributed by atoms with van der Waals surface area (Å²) in [5.41, 5.74) is -0.420. The molecule has 100 valence electrons. The molecule has 0 spiro atoms. The van der Waals surface area contributed by atoms with Gasteiger partial charge in [-0.25, -0.2) is 0 Å². The highest BCUT2D eigenvalue weighted by molar-refractivity contribution is 5.75. The molecule has 1 aliphatic rings. The maximum absolute atomic E-state index is 11.7. The van der Waals surface area contributed by atoms with E-state index >= 15 is 0 Å². The molecule has 0 aromatic carbocycles. The van der Waals surface area contributed by atoms with Crippen LogP contribution in [-0.4, -0.2) is 31.6 Å². The number of carbonyl (C=O) groups excluding carboxylic acids is 1. The minimum Gasteiger partial charge on any atom is -0.462 e. The van der Waals surface area contributed by atoms with Crippen LogP contribution in [0.1, 0.15) is 41.0 Å². The van der Waals surface area contributed by atoms with Gasteiger partial charge in [-0.3, -0.25) is 4.79 Å². The van der Waals surface area contributed by atoms with E-state index in [0.717, 1.165) is 6.42 Å². The van der Waals surface area contributed by atoms with Crippen molar-refractivity contribution in [2.75, 3.05) is 13.2 Å². The summed E-state index contributed by atoms with van der Waals surface area (Å²) in [7, 11) is 0. The van der Waals surface area contributed by atoms with Crippen molar-refractivity contribution in [3.63, 3.8) is 0 Å². The van der Waals surface area contributed by atoms with Crippen LogP contribution in [0.3, 0.4) is 0 Å². The second-order valence-corrected chi connectivity index (χ2v) is 5.54. The highest BCUT2D eigenvalue weighted by Gasteiger charge is 2.32. The van der Waals surface area contributed by atoms with Crippen LogP contribution in [0.25, 0.3) is 0 Å². The van der Waals surface area contributed by atoms with Crippen molar-refractivity contribution in [2.24, 2.45) is 11.3 Å². The summed E-state index contributed by atoms with van der Waals surface area (Å²) in [5.74, 6) is 0.152. The molecule has 0 amide bonds. The molecule has 0 saturated carbocycles. The molecule has 1 heterocycles. The van der Waals surface area contributed by atoms with Gasteiger partial charge < -0.3 is 14.2 Å². The zero-order valence-corrected chi connectivity index (χ0v) is 11.5. The molecule has 1 rings (SSSR count). The van der Waals surface area contributed by atoms with Gasteiger partial charge in [0.15, 0.2) is 6.29 Å². The molecule has 1 saturated heterocycles. The number of carbonyl (C=O) groups is 1. The minimum absolute atomic E-state index is 0.126. The van der Waals surface area contributed by atoms with E-state index in [2.05, 4.69) is 0 Å². The molecular weight excluding hydrogens is 220 g/mol. The predicted molar refractivity (Wildman–Crippen MR) is 64.5 cm³/mol. The summed E-state index contributed by atoms with van der Waals surface area (Å²) in [4.78, 5) is 11.7. The number of hydrogen-bond acceptors (Lipinski definition) is 4. The summed E-state index contributed by atoms with van der Waals surface area (Å²) < 4.78 is 16.3. The number of hydrogen-bond donors (Lipinski definition) is 0. The van der Waals surface area contributed by atoms with Crippen molar-refractivity contribution < 1.29 is 19.0 Å². The first-order valence-corrected chi connectivity index (χ1v) is 6.31. The van der Waals surface area contributed by atoms with Crippen LogP contribution in [0.15, 0.2) is 0 Å². The van der Waals surface area contributed by atoms with Gasteiger partial charge in [-0.1, -0.05) is 20.8 Å². The van der Waals surface area contributed by atoms with Crippen LogP contribution >= 0.6 is 0 Å². The standard InChI is InChI=1S/C13H24O4/c1-6-13(4,5)12(14)16-8-10-7-15-11(17-10)9(2)3/h9-11H,6-8H2,1-5H3. The van der Waals surface area contributed by atoms with Crippen LogP contribution in [0.2, 0.25) is 0 Å². The lowest BCUT2D eigenvalue weighted by Crippen LogP contribution is -2.30. The molecule has 2 atom stereocenters. The minimum atomic E-state index is -0.420. The van der Waals surface area contributed by atoms with E-state index in [1.165, 1.54) is 0 Å². The summed E-state index contributed by atoms with van der Waals surface area (Å²) in [6, 6.07) is 0. The first-order chi connectivity index (χ1) is 7.86. The van der Waals surface area contributed by atoms with E-state index in [1.54, 1.807) is 0 Å². The normalized spacial score (nSPS) is 25.3. The molecule has 1 aliphatic heterocycles. The summed E-state index contributed by atoms with van der Waals surface area (Å²) in [5, 5.41) is 0. The Kier molecular flexibility index (Phi) is 4.95. The average molecular weight is 244 g/mol. The SMILES string of the molecule is CCC(C)(C)C(=O)OCC1COC(C(C)C)O1. The lowest BCUT2D eigenvalue weighted by Gasteiger charge is -2.21. The molecule has 4 nitrogen and oxygen atoms in total. The molecule has 17 heavy (non-hydrogen) atoms. The van der Waals surface area contributed by atoms with Crippen molar-refractivity contribution >= 4 is 5.97 Å². The van der Waals surface area contributed by atoms with E-state index in [9.17, 15) is 4.79 Å². The molecule has 1 fully saturated rings. The van der Waals surface area contributed by atoms with Gasteiger partial charge in [0.25, 0.3) is 0 Å². The van der Waals surface area contributed by atoms with Gasteiger partial charge in [0.1, 0.15) is 12.7 Å². The molecule has 4 heteroatoms. The Hall–Kier alpha value is -0.610. The smallest absolute Gasteiger partial charge is 0.311 e. The highest BCUT2D eigenvalue weighted by Crippen LogP contribution is 2.23. The van der Waals surface area contributed by atoms with Crippen molar-refractivity contribution in [2.45, 2.75) is 53.4 Å². The first-order valence-electron chi connectivity index (χ1n) is 6.31.